The van der Waals surface area contributed by atoms with Crippen LogP contribution in [0, 0.1) is 11.8 Å². The lowest BCUT2D eigenvalue weighted by Gasteiger charge is -2.25. The first-order chi connectivity index (χ1) is 9.51. The minimum atomic E-state index is -0.674. The molecule has 0 saturated heterocycles. The fraction of sp³-hybridized carbons (Fsp3) is 0.875. The van der Waals surface area contributed by atoms with Crippen molar-refractivity contribution in [3.8, 4) is 0 Å². The van der Waals surface area contributed by atoms with E-state index >= 15 is 0 Å². The Morgan fingerprint density at radius 1 is 1.10 bits per heavy atom. The van der Waals surface area contributed by atoms with Crippen LogP contribution >= 0.6 is 0 Å². The molecule has 0 aromatic carbocycles. The second-order valence-electron chi connectivity index (χ2n) is 5.95. The molecule has 20 heavy (non-hydrogen) atoms. The number of unbranched alkanes of at least 4 members (excludes halogenated alkanes) is 2. The maximum Gasteiger partial charge on any atom is 0.0721 e. The minimum absolute atomic E-state index is 0.277. The molecule has 1 aliphatic rings. The zero-order valence-electron chi connectivity index (χ0n) is 12.7. The first-order valence-electron chi connectivity index (χ1n) is 7.91. The molecule has 1 fully saturated rings. The fourth-order valence-electron chi connectivity index (χ4n) is 3.07. The third-order valence-corrected chi connectivity index (χ3v) is 4.34. The summed E-state index contributed by atoms with van der Waals surface area (Å²) in [5.74, 6) is -0.616. The molecule has 0 bridgehead atoms. The largest absolute Gasteiger partial charge is 0.393 e. The van der Waals surface area contributed by atoms with Crippen molar-refractivity contribution in [3.05, 3.63) is 12.2 Å². The van der Waals surface area contributed by atoms with E-state index in [4.69, 9.17) is 0 Å². The lowest BCUT2D eigenvalue weighted by atomic mass is 9.86. The van der Waals surface area contributed by atoms with E-state index in [2.05, 4.69) is 6.92 Å². The SMILES string of the molecule is CCCCC[C@H](O)/C=C/[C@@H]1[C@@H]([C@@H](O)CC)[C@@H](O)C[C@H]1O. The predicted octanol–water partition coefficient (Wildman–Crippen LogP) is 1.61. The lowest BCUT2D eigenvalue weighted by molar-refractivity contribution is 0.0154. The smallest absolute Gasteiger partial charge is 0.0721 e. The Morgan fingerprint density at radius 3 is 2.40 bits per heavy atom. The van der Waals surface area contributed by atoms with Crippen molar-refractivity contribution in [1.29, 1.82) is 0 Å². The van der Waals surface area contributed by atoms with Crippen LogP contribution in [0.25, 0.3) is 0 Å². The molecule has 0 aromatic rings. The average molecular weight is 286 g/mol. The minimum Gasteiger partial charge on any atom is -0.393 e. The standard InChI is InChI=1S/C16H30O4/c1-3-5-6-7-11(17)8-9-12-14(19)10-15(20)16(12)13(18)4-2/h8-9,11-20H,3-7,10H2,1-2H3/b9-8+/t11-,12-,13-,14+,15-,16-/m0/s1. The predicted molar refractivity (Wildman–Crippen MR) is 79.2 cm³/mol. The van der Waals surface area contributed by atoms with Gasteiger partial charge in [0, 0.05) is 18.3 Å². The van der Waals surface area contributed by atoms with Crippen LogP contribution in [0.3, 0.4) is 0 Å². The van der Waals surface area contributed by atoms with Gasteiger partial charge >= 0.3 is 0 Å². The van der Waals surface area contributed by atoms with Crippen molar-refractivity contribution in [3.63, 3.8) is 0 Å². The highest BCUT2D eigenvalue weighted by Gasteiger charge is 2.43. The van der Waals surface area contributed by atoms with Gasteiger partial charge in [-0.3, -0.25) is 0 Å². The van der Waals surface area contributed by atoms with Crippen molar-refractivity contribution >= 4 is 0 Å². The van der Waals surface area contributed by atoms with E-state index in [9.17, 15) is 20.4 Å². The topological polar surface area (TPSA) is 80.9 Å². The summed E-state index contributed by atoms with van der Waals surface area (Å²) in [4.78, 5) is 0. The quantitative estimate of drug-likeness (QED) is 0.404. The number of aliphatic hydroxyl groups is 4. The summed E-state index contributed by atoms with van der Waals surface area (Å²) in [6, 6.07) is 0. The molecule has 6 atom stereocenters. The van der Waals surface area contributed by atoms with Crippen molar-refractivity contribution in [2.75, 3.05) is 0 Å². The Labute approximate surface area is 122 Å². The zero-order valence-corrected chi connectivity index (χ0v) is 12.7. The first kappa shape index (κ1) is 17.6. The van der Waals surface area contributed by atoms with E-state index in [1.54, 1.807) is 12.2 Å². The molecule has 0 aliphatic heterocycles. The summed E-state index contributed by atoms with van der Waals surface area (Å²) < 4.78 is 0. The molecule has 4 N–H and O–H groups in total. The molecule has 0 unspecified atom stereocenters. The average Bonchev–Trinajstić information content (AvgIpc) is 2.70. The Morgan fingerprint density at radius 2 is 1.80 bits per heavy atom. The van der Waals surface area contributed by atoms with Gasteiger partial charge in [0.05, 0.1) is 24.4 Å². The number of rotatable bonds is 8. The molecule has 118 valence electrons. The van der Waals surface area contributed by atoms with Gasteiger partial charge in [-0.05, 0) is 12.8 Å². The van der Waals surface area contributed by atoms with Gasteiger partial charge in [0.15, 0.2) is 0 Å². The highest BCUT2D eigenvalue weighted by atomic mass is 16.3. The number of hydrogen-bond donors (Lipinski definition) is 4. The van der Waals surface area contributed by atoms with E-state index < -0.39 is 24.4 Å². The normalized spacial score (nSPS) is 33.7. The van der Waals surface area contributed by atoms with E-state index in [0.29, 0.717) is 12.8 Å². The van der Waals surface area contributed by atoms with Crippen LogP contribution in [-0.2, 0) is 0 Å². The second kappa shape index (κ2) is 8.78. The van der Waals surface area contributed by atoms with Crippen molar-refractivity contribution in [1.82, 2.24) is 0 Å². The molecule has 1 saturated carbocycles. The van der Waals surface area contributed by atoms with Gasteiger partial charge in [0.1, 0.15) is 0 Å². The van der Waals surface area contributed by atoms with Crippen molar-refractivity contribution in [2.45, 2.75) is 76.8 Å². The monoisotopic (exact) mass is 286 g/mol. The molecule has 0 spiro atoms. The number of aliphatic hydroxyl groups excluding tert-OH is 4. The maximum atomic E-state index is 10.00. The molecule has 4 heteroatoms. The van der Waals surface area contributed by atoms with Crippen LogP contribution in [0.1, 0.15) is 52.4 Å². The van der Waals surface area contributed by atoms with Crippen LogP contribution < -0.4 is 0 Å². The Kier molecular flexibility index (Phi) is 7.74. The van der Waals surface area contributed by atoms with Gasteiger partial charge in [-0.1, -0.05) is 45.3 Å². The molecule has 0 heterocycles. The van der Waals surface area contributed by atoms with Gasteiger partial charge in [0.2, 0.25) is 0 Å². The molecular weight excluding hydrogens is 256 g/mol. The van der Waals surface area contributed by atoms with E-state index in [1.165, 1.54) is 0 Å². The molecule has 1 rings (SSSR count). The second-order valence-corrected chi connectivity index (χ2v) is 5.95. The molecule has 0 radical (unpaired) electrons. The fourth-order valence-corrected chi connectivity index (χ4v) is 3.07. The Bertz CT molecular complexity index is 288. The Balaban J connectivity index is 2.58. The third-order valence-electron chi connectivity index (χ3n) is 4.34. The molecule has 4 nitrogen and oxygen atoms in total. The van der Waals surface area contributed by atoms with Gasteiger partial charge in [-0.15, -0.1) is 0 Å². The summed E-state index contributed by atoms with van der Waals surface area (Å²) in [5.41, 5.74) is 0. The summed E-state index contributed by atoms with van der Waals surface area (Å²) in [6.07, 6.45) is 5.82. The van der Waals surface area contributed by atoms with E-state index in [1.807, 2.05) is 6.92 Å². The third kappa shape index (κ3) is 4.85. The van der Waals surface area contributed by atoms with E-state index in [0.717, 1.165) is 25.7 Å². The van der Waals surface area contributed by atoms with Crippen LogP contribution in [0.4, 0.5) is 0 Å². The molecule has 1 aliphatic carbocycles. The highest BCUT2D eigenvalue weighted by molar-refractivity contribution is 5.05. The highest BCUT2D eigenvalue weighted by Crippen LogP contribution is 2.37. The van der Waals surface area contributed by atoms with Gasteiger partial charge in [-0.25, -0.2) is 0 Å². The molecule has 0 aromatic heterocycles. The summed E-state index contributed by atoms with van der Waals surface area (Å²) in [7, 11) is 0. The summed E-state index contributed by atoms with van der Waals surface area (Å²) >= 11 is 0. The van der Waals surface area contributed by atoms with Crippen molar-refractivity contribution in [2.24, 2.45) is 11.8 Å². The van der Waals surface area contributed by atoms with Gasteiger partial charge in [0.25, 0.3) is 0 Å². The van der Waals surface area contributed by atoms with Crippen LogP contribution in [0.2, 0.25) is 0 Å². The van der Waals surface area contributed by atoms with Crippen LogP contribution in [-0.4, -0.2) is 44.8 Å². The first-order valence-corrected chi connectivity index (χ1v) is 7.91. The summed E-state index contributed by atoms with van der Waals surface area (Å²) in [5, 5.41) is 39.8. The maximum absolute atomic E-state index is 10.00. The number of hydrogen-bond acceptors (Lipinski definition) is 4. The van der Waals surface area contributed by atoms with E-state index in [-0.39, 0.29) is 11.8 Å². The van der Waals surface area contributed by atoms with Crippen molar-refractivity contribution < 1.29 is 20.4 Å². The van der Waals surface area contributed by atoms with Crippen LogP contribution in [0.5, 0.6) is 0 Å². The van der Waals surface area contributed by atoms with Gasteiger partial charge < -0.3 is 20.4 Å². The molecule has 0 amide bonds. The molecular formula is C16H30O4. The van der Waals surface area contributed by atoms with Gasteiger partial charge in [-0.2, -0.15) is 0 Å². The summed E-state index contributed by atoms with van der Waals surface area (Å²) in [6.45, 7) is 3.98. The van der Waals surface area contributed by atoms with Crippen LogP contribution in [0.15, 0.2) is 12.2 Å². The lowest BCUT2D eigenvalue weighted by Crippen LogP contribution is -2.32. The zero-order chi connectivity index (χ0) is 15.1. The Hall–Kier alpha value is -0.420.